The third-order valence-corrected chi connectivity index (χ3v) is 5.90. The van der Waals surface area contributed by atoms with Crippen LogP contribution in [0.25, 0.3) is 0 Å². The summed E-state index contributed by atoms with van der Waals surface area (Å²) in [7, 11) is -3.78. The molecule has 0 unspecified atom stereocenters. The number of carbonyl (C=O) groups excluding carboxylic acids is 2. The minimum atomic E-state index is -3.78. The van der Waals surface area contributed by atoms with E-state index in [-0.39, 0.29) is 35.4 Å². The Balaban J connectivity index is 1.53. The van der Waals surface area contributed by atoms with Crippen LogP contribution in [0.2, 0.25) is 0 Å². The zero-order chi connectivity index (χ0) is 24.4. The molecule has 178 valence electrons. The number of anilines is 4. The Kier molecular flexibility index (Phi) is 8.71. The molecule has 0 aliphatic heterocycles. The van der Waals surface area contributed by atoms with Gasteiger partial charge in [0, 0.05) is 30.9 Å². The van der Waals surface area contributed by atoms with Crippen molar-refractivity contribution in [1.29, 1.82) is 0 Å². The molecule has 0 spiro atoms. The SMILES string of the molecule is O=C(Cl)CCCCC(=O)NNc1nccc(Nc2ccc(S(=O)(=O)Nc3ccccn3)cc2)n1. The van der Waals surface area contributed by atoms with E-state index in [0.717, 1.165) is 0 Å². The minimum absolute atomic E-state index is 0.0758. The molecule has 3 aromatic rings. The lowest BCUT2D eigenvalue weighted by molar-refractivity contribution is -0.121. The summed E-state index contributed by atoms with van der Waals surface area (Å²) in [4.78, 5) is 34.8. The van der Waals surface area contributed by atoms with Gasteiger partial charge in [-0.2, -0.15) is 4.98 Å². The number of rotatable bonds is 12. The van der Waals surface area contributed by atoms with Crippen molar-refractivity contribution in [3.05, 3.63) is 60.9 Å². The Hall–Kier alpha value is -3.77. The van der Waals surface area contributed by atoms with Crippen LogP contribution in [0.4, 0.5) is 23.3 Å². The van der Waals surface area contributed by atoms with Gasteiger partial charge in [-0.25, -0.2) is 18.4 Å². The molecule has 2 heterocycles. The average molecular weight is 504 g/mol. The van der Waals surface area contributed by atoms with E-state index in [0.29, 0.717) is 24.3 Å². The monoisotopic (exact) mass is 503 g/mol. The lowest BCUT2D eigenvalue weighted by Gasteiger charge is -2.10. The summed E-state index contributed by atoms with van der Waals surface area (Å²) in [5.41, 5.74) is 5.70. The molecule has 4 N–H and O–H groups in total. The second-order valence-electron chi connectivity index (χ2n) is 6.97. The number of hydrogen-bond acceptors (Lipinski definition) is 9. The number of pyridine rings is 1. The number of unbranched alkanes of at least 4 members (excludes halogenated alkanes) is 1. The lowest BCUT2D eigenvalue weighted by atomic mass is 10.2. The average Bonchev–Trinajstić information content (AvgIpc) is 2.81. The number of benzene rings is 1. The van der Waals surface area contributed by atoms with E-state index in [9.17, 15) is 18.0 Å². The predicted octanol–water partition coefficient (Wildman–Crippen LogP) is 3.18. The summed E-state index contributed by atoms with van der Waals surface area (Å²) in [6.07, 6.45) is 4.49. The highest BCUT2D eigenvalue weighted by Gasteiger charge is 2.14. The van der Waals surface area contributed by atoms with Gasteiger partial charge in [-0.3, -0.25) is 25.2 Å². The first-order chi connectivity index (χ1) is 16.3. The molecule has 0 saturated heterocycles. The quantitative estimate of drug-likeness (QED) is 0.165. The molecule has 1 aromatic carbocycles. The third-order valence-electron chi connectivity index (χ3n) is 4.34. The van der Waals surface area contributed by atoms with Crippen molar-refractivity contribution in [3.8, 4) is 0 Å². The van der Waals surface area contributed by atoms with E-state index in [2.05, 4.69) is 35.8 Å². The number of halogens is 1. The van der Waals surface area contributed by atoms with Gasteiger partial charge in [0.15, 0.2) is 0 Å². The van der Waals surface area contributed by atoms with Crippen molar-refractivity contribution in [2.75, 3.05) is 15.5 Å². The molecule has 11 nitrogen and oxygen atoms in total. The van der Waals surface area contributed by atoms with Crippen LogP contribution < -0.4 is 20.9 Å². The van der Waals surface area contributed by atoms with Crippen LogP contribution >= 0.6 is 11.6 Å². The number of nitrogens with one attached hydrogen (secondary N) is 4. The van der Waals surface area contributed by atoms with Crippen molar-refractivity contribution < 1.29 is 18.0 Å². The molecule has 0 radical (unpaired) electrons. The van der Waals surface area contributed by atoms with Crippen LogP contribution in [0, 0.1) is 0 Å². The largest absolute Gasteiger partial charge is 0.340 e. The van der Waals surface area contributed by atoms with Crippen molar-refractivity contribution in [1.82, 2.24) is 20.4 Å². The Labute approximate surface area is 201 Å². The van der Waals surface area contributed by atoms with E-state index >= 15 is 0 Å². The van der Waals surface area contributed by atoms with Gasteiger partial charge in [-0.15, -0.1) is 0 Å². The zero-order valence-electron chi connectivity index (χ0n) is 17.9. The molecule has 3 rings (SSSR count). The number of hydrogen-bond donors (Lipinski definition) is 4. The Morgan fingerprint density at radius 2 is 1.65 bits per heavy atom. The third kappa shape index (κ3) is 7.98. The molecule has 0 aliphatic rings. The molecule has 0 saturated carbocycles. The lowest BCUT2D eigenvalue weighted by Crippen LogP contribution is -2.30. The van der Waals surface area contributed by atoms with E-state index in [1.54, 1.807) is 36.4 Å². The van der Waals surface area contributed by atoms with Crippen LogP contribution in [-0.2, 0) is 19.6 Å². The molecule has 0 aliphatic carbocycles. The topological polar surface area (TPSA) is 155 Å². The number of amides is 1. The molecular formula is C21H22ClN7O4S. The highest BCUT2D eigenvalue weighted by molar-refractivity contribution is 7.92. The Bertz CT molecular complexity index is 1230. The molecule has 1 amide bonds. The van der Waals surface area contributed by atoms with E-state index < -0.39 is 15.3 Å². The first-order valence-electron chi connectivity index (χ1n) is 10.2. The van der Waals surface area contributed by atoms with Gasteiger partial charge in [0.25, 0.3) is 10.0 Å². The van der Waals surface area contributed by atoms with Crippen molar-refractivity contribution in [2.24, 2.45) is 0 Å². The molecule has 2 aromatic heterocycles. The first kappa shape index (κ1) is 24.9. The summed E-state index contributed by atoms with van der Waals surface area (Å²) in [5, 5.41) is 2.61. The standard InChI is InChI=1S/C21H22ClN7O4S/c22-17(30)5-1-2-7-20(31)27-28-21-24-14-12-19(26-21)25-15-8-10-16(11-9-15)34(32,33)29-18-6-3-4-13-23-18/h3-4,6,8-14H,1-2,5,7H2,(H,23,29)(H,27,31)(H2,24,25,26,28). The predicted molar refractivity (Wildman–Crippen MR) is 128 cm³/mol. The van der Waals surface area contributed by atoms with Crippen molar-refractivity contribution >= 4 is 56.0 Å². The van der Waals surface area contributed by atoms with Gasteiger partial charge in [0.1, 0.15) is 11.6 Å². The zero-order valence-corrected chi connectivity index (χ0v) is 19.4. The van der Waals surface area contributed by atoms with Crippen molar-refractivity contribution in [3.63, 3.8) is 0 Å². The van der Waals surface area contributed by atoms with E-state index in [1.165, 1.54) is 24.5 Å². The van der Waals surface area contributed by atoms with Gasteiger partial charge in [0.05, 0.1) is 4.90 Å². The fraction of sp³-hybridized carbons (Fsp3) is 0.190. The fourth-order valence-electron chi connectivity index (χ4n) is 2.71. The number of sulfonamides is 1. The maximum Gasteiger partial charge on any atom is 0.263 e. The van der Waals surface area contributed by atoms with Gasteiger partial charge in [-0.1, -0.05) is 6.07 Å². The second-order valence-corrected chi connectivity index (χ2v) is 9.07. The van der Waals surface area contributed by atoms with Crippen LogP contribution in [0.3, 0.4) is 0 Å². The maximum atomic E-state index is 12.5. The highest BCUT2D eigenvalue weighted by Crippen LogP contribution is 2.19. The normalized spacial score (nSPS) is 10.9. The van der Waals surface area contributed by atoms with Gasteiger partial charge >= 0.3 is 0 Å². The van der Waals surface area contributed by atoms with Crippen LogP contribution in [0.1, 0.15) is 25.7 Å². The number of aromatic nitrogens is 3. The van der Waals surface area contributed by atoms with Gasteiger partial charge in [0.2, 0.25) is 17.1 Å². The van der Waals surface area contributed by atoms with Crippen LogP contribution in [0.15, 0.2) is 65.8 Å². The summed E-state index contributed by atoms with van der Waals surface area (Å²) >= 11 is 5.26. The Morgan fingerprint density at radius 1 is 0.882 bits per heavy atom. The minimum Gasteiger partial charge on any atom is -0.340 e. The number of hydrazine groups is 1. The highest BCUT2D eigenvalue weighted by atomic mass is 35.5. The van der Waals surface area contributed by atoms with Crippen molar-refractivity contribution in [2.45, 2.75) is 30.6 Å². The second kappa shape index (κ2) is 11.9. The molecule has 34 heavy (non-hydrogen) atoms. The smallest absolute Gasteiger partial charge is 0.263 e. The Morgan fingerprint density at radius 3 is 2.35 bits per heavy atom. The molecular weight excluding hydrogens is 482 g/mol. The molecule has 0 fully saturated rings. The molecule has 13 heteroatoms. The summed E-state index contributed by atoms with van der Waals surface area (Å²) in [6.45, 7) is 0. The van der Waals surface area contributed by atoms with Gasteiger partial charge < -0.3 is 5.32 Å². The maximum absolute atomic E-state index is 12.5. The number of nitrogens with zero attached hydrogens (tertiary/aromatic N) is 3. The fourth-order valence-corrected chi connectivity index (χ4v) is 3.85. The van der Waals surface area contributed by atoms with Gasteiger partial charge in [-0.05, 0) is 66.9 Å². The van der Waals surface area contributed by atoms with Crippen LogP contribution in [-0.4, -0.2) is 34.5 Å². The summed E-state index contributed by atoms with van der Waals surface area (Å²) in [5.74, 6) is 0.533. The molecule has 0 bridgehead atoms. The summed E-state index contributed by atoms with van der Waals surface area (Å²) in [6, 6.07) is 12.6. The van der Waals surface area contributed by atoms with E-state index in [1.807, 2.05) is 0 Å². The number of carbonyl (C=O) groups is 2. The summed E-state index contributed by atoms with van der Waals surface area (Å²) < 4.78 is 27.4. The van der Waals surface area contributed by atoms with Crippen LogP contribution in [0.5, 0.6) is 0 Å². The molecule has 0 atom stereocenters. The van der Waals surface area contributed by atoms with E-state index in [4.69, 9.17) is 11.6 Å². The first-order valence-corrected chi connectivity index (χ1v) is 12.0.